The zero-order valence-electron chi connectivity index (χ0n) is 10.4. The normalized spacial score (nSPS) is 10.5. The Kier molecular flexibility index (Phi) is 5.21. The van der Waals surface area contributed by atoms with E-state index in [9.17, 15) is 4.79 Å². The molecule has 0 bridgehead atoms. The van der Waals surface area contributed by atoms with Gasteiger partial charge in [-0.1, -0.05) is 44.2 Å². The maximum Gasteiger partial charge on any atom is 0.330 e. The van der Waals surface area contributed by atoms with Crippen LogP contribution in [0.5, 0.6) is 0 Å². The Hall–Kier alpha value is -1.83. The van der Waals surface area contributed by atoms with Gasteiger partial charge in [-0.2, -0.15) is 0 Å². The molecule has 0 aromatic heterocycles. The Morgan fingerprint density at radius 1 is 1.35 bits per heavy atom. The topological polar surface area (TPSA) is 26.3 Å². The molecule has 0 heterocycles. The van der Waals surface area contributed by atoms with Crippen molar-refractivity contribution in [2.24, 2.45) is 0 Å². The Morgan fingerprint density at radius 2 is 2.00 bits per heavy atom. The van der Waals surface area contributed by atoms with Crippen LogP contribution in [-0.4, -0.2) is 13.1 Å². The molecule has 0 N–H and O–H groups in total. The van der Waals surface area contributed by atoms with Gasteiger partial charge in [0.1, 0.15) is 0 Å². The Bertz CT molecular complexity index is 413. The van der Waals surface area contributed by atoms with E-state index in [0.717, 1.165) is 29.5 Å². The fourth-order valence-electron chi connectivity index (χ4n) is 1.51. The summed E-state index contributed by atoms with van der Waals surface area (Å²) >= 11 is 0. The molecule has 90 valence electrons. The molecule has 0 unspecified atom stereocenters. The molecule has 1 aromatic carbocycles. The predicted molar refractivity (Wildman–Crippen MR) is 71.4 cm³/mol. The van der Waals surface area contributed by atoms with Gasteiger partial charge in [0, 0.05) is 6.08 Å². The summed E-state index contributed by atoms with van der Waals surface area (Å²) in [7, 11) is 1.37. The lowest BCUT2D eigenvalue weighted by Crippen LogP contribution is -1.93. The number of carbonyl (C=O) groups excluding carboxylic acids is 1. The fourth-order valence-corrected chi connectivity index (χ4v) is 1.51. The number of allylic oxidation sites excluding steroid dienone is 1. The molecule has 1 aromatic rings. The SMILES string of the molecule is C=C(CCC)c1ccc(/C=C/C(=O)OC)cc1. The molecule has 0 aliphatic carbocycles. The van der Waals surface area contributed by atoms with Crippen LogP contribution in [-0.2, 0) is 9.53 Å². The van der Waals surface area contributed by atoms with Gasteiger partial charge < -0.3 is 4.74 Å². The minimum Gasteiger partial charge on any atom is -0.466 e. The fraction of sp³-hybridized carbons (Fsp3) is 0.267. The molecule has 0 aliphatic heterocycles. The summed E-state index contributed by atoms with van der Waals surface area (Å²) in [6.45, 7) is 6.18. The second kappa shape index (κ2) is 6.69. The van der Waals surface area contributed by atoms with Crippen molar-refractivity contribution < 1.29 is 9.53 Å². The minimum atomic E-state index is -0.343. The zero-order valence-corrected chi connectivity index (χ0v) is 10.4. The van der Waals surface area contributed by atoms with Crippen molar-refractivity contribution in [3.63, 3.8) is 0 Å². The average Bonchev–Trinajstić information content (AvgIpc) is 2.36. The number of hydrogen-bond acceptors (Lipinski definition) is 2. The Morgan fingerprint density at radius 3 is 2.53 bits per heavy atom. The Balaban J connectivity index is 2.71. The van der Waals surface area contributed by atoms with Crippen molar-refractivity contribution in [2.45, 2.75) is 19.8 Å². The van der Waals surface area contributed by atoms with Crippen LogP contribution >= 0.6 is 0 Å². The quantitative estimate of drug-likeness (QED) is 0.569. The first kappa shape index (κ1) is 13.2. The summed E-state index contributed by atoms with van der Waals surface area (Å²) < 4.78 is 4.53. The van der Waals surface area contributed by atoms with Gasteiger partial charge >= 0.3 is 5.97 Å². The van der Waals surface area contributed by atoms with Crippen LogP contribution in [0.15, 0.2) is 36.9 Å². The second-order valence-electron chi connectivity index (χ2n) is 3.83. The van der Waals surface area contributed by atoms with Crippen LogP contribution in [0, 0.1) is 0 Å². The summed E-state index contributed by atoms with van der Waals surface area (Å²) in [4.78, 5) is 10.9. The van der Waals surface area contributed by atoms with E-state index >= 15 is 0 Å². The van der Waals surface area contributed by atoms with E-state index in [2.05, 4.69) is 18.2 Å². The third kappa shape index (κ3) is 4.27. The first-order valence-corrected chi connectivity index (χ1v) is 5.71. The first-order valence-electron chi connectivity index (χ1n) is 5.71. The molecule has 0 radical (unpaired) electrons. The molecule has 0 spiro atoms. The van der Waals surface area contributed by atoms with Gasteiger partial charge in [-0.3, -0.25) is 0 Å². The van der Waals surface area contributed by atoms with Gasteiger partial charge in [-0.25, -0.2) is 4.79 Å². The van der Waals surface area contributed by atoms with Crippen molar-refractivity contribution in [3.05, 3.63) is 48.0 Å². The molecule has 2 nitrogen and oxygen atoms in total. The first-order chi connectivity index (χ1) is 8.17. The Labute approximate surface area is 103 Å². The maximum absolute atomic E-state index is 10.9. The van der Waals surface area contributed by atoms with Gasteiger partial charge in [0.05, 0.1) is 7.11 Å². The van der Waals surface area contributed by atoms with Crippen LogP contribution in [0.2, 0.25) is 0 Å². The number of rotatable bonds is 5. The average molecular weight is 230 g/mol. The number of carbonyl (C=O) groups is 1. The lowest BCUT2D eigenvalue weighted by atomic mass is 10.0. The van der Waals surface area contributed by atoms with E-state index in [0.29, 0.717) is 0 Å². The van der Waals surface area contributed by atoms with Gasteiger partial charge in [0.15, 0.2) is 0 Å². The number of benzene rings is 1. The molecule has 2 heteroatoms. The highest BCUT2D eigenvalue weighted by atomic mass is 16.5. The van der Waals surface area contributed by atoms with E-state index in [1.54, 1.807) is 6.08 Å². The van der Waals surface area contributed by atoms with E-state index in [1.807, 2.05) is 24.3 Å². The summed E-state index contributed by atoms with van der Waals surface area (Å²) in [5.74, 6) is -0.343. The summed E-state index contributed by atoms with van der Waals surface area (Å²) in [6.07, 6.45) is 5.26. The summed E-state index contributed by atoms with van der Waals surface area (Å²) in [6, 6.07) is 7.98. The number of ether oxygens (including phenoxy) is 1. The molecule has 0 fully saturated rings. The van der Waals surface area contributed by atoms with Crippen molar-refractivity contribution in [1.82, 2.24) is 0 Å². The number of esters is 1. The van der Waals surface area contributed by atoms with E-state index < -0.39 is 0 Å². The van der Waals surface area contributed by atoms with Crippen LogP contribution < -0.4 is 0 Å². The smallest absolute Gasteiger partial charge is 0.330 e. The molecule has 0 amide bonds. The van der Waals surface area contributed by atoms with E-state index in [4.69, 9.17) is 0 Å². The molecular weight excluding hydrogens is 212 g/mol. The standard InChI is InChI=1S/C15H18O2/c1-4-5-12(2)14-9-6-13(7-10-14)8-11-15(16)17-3/h6-11H,2,4-5H2,1,3H3/b11-8+. The van der Waals surface area contributed by atoms with Crippen molar-refractivity contribution in [2.75, 3.05) is 7.11 Å². The highest BCUT2D eigenvalue weighted by molar-refractivity contribution is 5.87. The maximum atomic E-state index is 10.9. The molecular formula is C15H18O2. The van der Waals surface area contributed by atoms with Crippen molar-refractivity contribution in [1.29, 1.82) is 0 Å². The number of methoxy groups -OCH3 is 1. The summed E-state index contributed by atoms with van der Waals surface area (Å²) in [5, 5.41) is 0. The van der Waals surface area contributed by atoms with Crippen molar-refractivity contribution in [3.8, 4) is 0 Å². The van der Waals surface area contributed by atoms with Crippen LogP contribution in [0.25, 0.3) is 11.6 Å². The lowest BCUT2D eigenvalue weighted by Gasteiger charge is -2.04. The van der Waals surface area contributed by atoms with Gasteiger partial charge in [0.25, 0.3) is 0 Å². The molecule has 0 aliphatic rings. The van der Waals surface area contributed by atoms with Crippen LogP contribution in [0.1, 0.15) is 30.9 Å². The minimum absolute atomic E-state index is 0.343. The van der Waals surface area contributed by atoms with Crippen LogP contribution in [0.3, 0.4) is 0 Å². The highest BCUT2D eigenvalue weighted by Gasteiger charge is 1.97. The highest BCUT2D eigenvalue weighted by Crippen LogP contribution is 2.18. The lowest BCUT2D eigenvalue weighted by molar-refractivity contribution is -0.134. The predicted octanol–water partition coefficient (Wildman–Crippen LogP) is 3.69. The zero-order chi connectivity index (χ0) is 12.7. The van der Waals surface area contributed by atoms with Gasteiger partial charge in [-0.05, 0) is 29.2 Å². The molecule has 1 rings (SSSR count). The third-order valence-corrected chi connectivity index (χ3v) is 2.48. The third-order valence-electron chi connectivity index (χ3n) is 2.48. The molecule has 0 saturated carbocycles. The second-order valence-corrected chi connectivity index (χ2v) is 3.83. The molecule has 17 heavy (non-hydrogen) atoms. The van der Waals surface area contributed by atoms with Gasteiger partial charge in [0.2, 0.25) is 0 Å². The van der Waals surface area contributed by atoms with E-state index in [-0.39, 0.29) is 5.97 Å². The van der Waals surface area contributed by atoms with Crippen molar-refractivity contribution >= 4 is 17.6 Å². The van der Waals surface area contributed by atoms with E-state index in [1.165, 1.54) is 13.2 Å². The molecule has 0 atom stereocenters. The number of hydrogen-bond donors (Lipinski definition) is 0. The largest absolute Gasteiger partial charge is 0.466 e. The monoisotopic (exact) mass is 230 g/mol. The van der Waals surface area contributed by atoms with Crippen LogP contribution in [0.4, 0.5) is 0 Å². The molecule has 0 saturated heterocycles. The summed E-state index contributed by atoms with van der Waals surface area (Å²) in [5.41, 5.74) is 3.28. The van der Waals surface area contributed by atoms with Gasteiger partial charge in [-0.15, -0.1) is 0 Å².